The number of carbonyl (C=O) groups is 3. The molecule has 0 saturated carbocycles. The van der Waals surface area contributed by atoms with E-state index in [0.29, 0.717) is 6.54 Å². The maximum Gasteiger partial charge on any atom is 0.523 e. The molecule has 1 fully saturated rings. The molecule has 1 aliphatic rings. The van der Waals surface area contributed by atoms with Crippen LogP contribution in [0.15, 0.2) is 24.3 Å². The Balaban J connectivity index is 2.18. The highest BCUT2D eigenvalue weighted by atomic mass is 19.1. The van der Waals surface area contributed by atoms with Gasteiger partial charge in [-0.1, -0.05) is 12.1 Å². The molecule has 3 atom stereocenters. The summed E-state index contributed by atoms with van der Waals surface area (Å²) < 4.78 is 17.7. The van der Waals surface area contributed by atoms with Crippen LogP contribution >= 0.6 is 0 Å². The summed E-state index contributed by atoms with van der Waals surface area (Å²) in [4.78, 5) is 37.6. The van der Waals surface area contributed by atoms with Crippen molar-refractivity contribution in [1.29, 1.82) is 0 Å². The van der Waals surface area contributed by atoms with E-state index in [0.717, 1.165) is 18.9 Å². The van der Waals surface area contributed by atoms with Crippen molar-refractivity contribution in [1.82, 2.24) is 0 Å². The Hall–Kier alpha value is -2.08. The number of quaternary nitrogens is 1. The zero-order chi connectivity index (χ0) is 17.9. The SMILES string of the molecule is COC(=O)[N+]1(C(=O)C(C)CC(=O)c2cccc(F)c2)CCC[C@H]1C. The van der Waals surface area contributed by atoms with Gasteiger partial charge in [-0.15, -0.1) is 0 Å². The van der Waals surface area contributed by atoms with Gasteiger partial charge in [0.05, 0.1) is 19.6 Å². The van der Waals surface area contributed by atoms with E-state index in [-0.39, 0.29) is 34.2 Å². The number of halogens is 1. The van der Waals surface area contributed by atoms with Crippen LogP contribution in [0.5, 0.6) is 0 Å². The van der Waals surface area contributed by atoms with E-state index in [1.165, 1.54) is 25.3 Å². The first kappa shape index (κ1) is 18.3. The zero-order valence-corrected chi connectivity index (χ0v) is 14.3. The molecule has 1 aliphatic heterocycles. The van der Waals surface area contributed by atoms with Crippen molar-refractivity contribution in [3.05, 3.63) is 35.6 Å². The molecule has 24 heavy (non-hydrogen) atoms. The fraction of sp³-hybridized carbons (Fsp3) is 0.500. The fourth-order valence-electron chi connectivity index (χ4n) is 3.47. The van der Waals surface area contributed by atoms with Crippen LogP contribution in [0.2, 0.25) is 0 Å². The predicted molar refractivity (Wildman–Crippen MR) is 85.7 cm³/mol. The second-order valence-corrected chi connectivity index (χ2v) is 6.43. The summed E-state index contributed by atoms with van der Waals surface area (Å²) in [6.45, 7) is 3.88. The Labute approximate surface area is 141 Å². The molecule has 2 amide bonds. The van der Waals surface area contributed by atoms with Gasteiger partial charge in [-0.05, 0) is 26.0 Å². The molecule has 0 bridgehead atoms. The van der Waals surface area contributed by atoms with Gasteiger partial charge in [0.25, 0.3) is 0 Å². The highest BCUT2D eigenvalue weighted by Crippen LogP contribution is 2.32. The third-order valence-electron chi connectivity index (χ3n) is 4.84. The van der Waals surface area contributed by atoms with Crippen molar-refractivity contribution < 1.29 is 28.0 Å². The summed E-state index contributed by atoms with van der Waals surface area (Å²) in [6.07, 6.45) is 0.874. The van der Waals surface area contributed by atoms with E-state index in [1.807, 2.05) is 6.92 Å². The molecule has 2 unspecified atom stereocenters. The molecule has 0 aromatic heterocycles. The zero-order valence-electron chi connectivity index (χ0n) is 14.3. The van der Waals surface area contributed by atoms with E-state index in [1.54, 1.807) is 6.92 Å². The first-order valence-electron chi connectivity index (χ1n) is 8.12. The number of benzene rings is 1. The normalized spacial score (nSPS) is 24.4. The van der Waals surface area contributed by atoms with Gasteiger partial charge in [0.2, 0.25) is 0 Å². The Bertz CT molecular complexity index is 660. The van der Waals surface area contributed by atoms with Crippen molar-refractivity contribution in [3.8, 4) is 0 Å². The molecule has 6 heteroatoms. The van der Waals surface area contributed by atoms with Gasteiger partial charge in [-0.2, -0.15) is 9.28 Å². The lowest BCUT2D eigenvalue weighted by atomic mass is 9.97. The number of imide groups is 1. The first-order valence-corrected chi connectivity index (χ1v) is 8.12. The number of ether oxygens (including phenoxy) is 1. The highest BCUT2D eigenvalue weighted by Gasteiger charge is 2.55. The Morgan fingerprint density at radius 3 is 2.62 bits per heavy atom. The summed E-state index contributed by atoms with van der Waals surface area (Å²) >= 11 is 0. The number of hydrogen-bond donors (Lipinski definition) is 0. The molecule has 1 aromatic rings. The van der Waals surface area contributed by atoms with Crippen molar-refractivity contribution in [3.63, 3.8) is 0 Å². The number of nitrogens with zero attached hydrogens (tertiary/aromatic N) is 1. The van der Waals surface area contributed by atoms with E-state index < -0.39 is 17.8 Å². The molecule has 0 N–H and O–H groups in total. The van der Waals surface area contributed by atoms with Gasteiger partial charge in [0.15, 0.2) is 5.78 Å². The van der Waals surface area contributed by atoms with Gasteiger partial charge in [0, 0.05) is 24.8 Å². The summed E-state index contributed by atoms with van der Waals surface area (Å²) in [7, 11) is 1.27. The van der Waals surface area contributed by atoms with Gasteiger partial charge in [0.1, 0.15) is 11.9 Å². The molecule has 0 radical (unpaired) electrons. The summed E-state index contributed by atoms with van der Waals surface area (Å²) in [5, 5.41) is 0. The van der Waals surface area contributed by atoms with Gasteiger partial charge in [-0.3, -0.25) is 4.79 Å². The van der Waals surface area contributed by atoms with Crippen LogP contribution in [0.4, 0.5) is 9.18 Å². The minimum Gasteiger partial charge on any atom is -0.423 e. The minimum atomic E-state index is -0.652. The Kier molecular flexibility index (Phi) is 5.49. The lowest BCUT2D eigenvalue weighted by Crippen LogP contribution is -2.60. The van der Waals surface area contributed by atoms with Crippen LogP contribution < -0.4 is 0 Å². The number of Topliss-reactive ketones (excluding diaryl/α,β-unsaturated/α-hetero) is 1. The second-order valence-electron chi connectivity index (χ2n) is 6.43. The van der Waals surface area contributed by atoms with Crippen LogP contribution in [0, 0.1) is 11.7 Å². The van der Waals surface area contributed by atoms with Crippen molar-refractivity contribution in [2.24, 2.45) is 5.92 Å². The molecule has 0 spiro atoms. The lowest BCUT2D eigenvalue weighted by Gasteiger charge is -2.32. The van der Waals surface area contributed by atoms with Crippen molar-refractivity contribution >= 4 is 17.8 Å². The number of rotatable bonds is 4. The Morgan fingerprint density at radius 2 is 2.08 bits per heavy atom. The average Bonchev–Trinajstić information content (AvgIpc) is 2.95. The smallest absolute Gasteiger partial charge is 0.423 e. The van der Waals surface area contributed by atoms with Crippen LogP contribution in [0.1, 0.15) is 43.5 Å². The monoisotopic (exact) mass is 336 g/mol. The van der Waals surface area contributed by atoms with Gasteiger partial charge < -0.3 is 4.74 Å². The quantitative estimate of drug-likeness (QED) is 0.625. The number of methoxy groups -OCH3 is 1. The predicted octanol–water partition coefficient (Wildman–Crippen LogP) is 3.33. The van der Waals surface area contributed by atoms with Gasteiger partial charge >= 0.3 is 12.0 Å². The standard InChI is InChI=1S/C18H23FNO4/c1-12(10-16(21)14-7-4-8-15(19)11-14)17(22)20(18(23)24-3)9-5-6-13(20)2/h4,7-8,11-13H,5-6,9-10H2,1-3H3/q+1/t12?,13-,20?/m1/s1. The first-order chi connectivity index (χ1) is 11.3. The largest absolute Gasteiger partial charge is 0.523 e. The maximum atomic E-state index is 13.2. The maximum absolute atomic E-state index is 13.2. The third kappa shape index (κ3) is 3.24. The topological polar surface area (TPSA) is 60.4 Å². The second kappa shape index (κ2) is 7.21. The molecule has 5 nitrogen and oxygen atoms in total. The molecule has 1 aromatic carbocycles. The van der Waals surface area contributed by atoms with E-state index >= 15 is 0 Å². The van der Waals surface area contributed by atoms with Crippen LogP contribution in [0.3, 0.4) is 0 Å². The number of hydrogen-bond acceptors (Lipinski definition) is 4. The number of ketones is 1. The number of carbonyl (C=O) groups excluding carboxylic acids is 3. The highest BCUT2D eigenvalue weighted by molar-refractivity contribution is 5.98. The van der Waals surface area contributed by atoms with Crippen LogP contribution in [-0.2, 0) is 9.53 Å². The molecular weight excluding hydrogens is 313 g/mol. The molecule has 0 aliphatic carbocycles. The molecular formula is C18H23FNO4+. The summed E-state index contributed by atoms with van der Waals surface area (Å²) in [5.74, 6) is -1.77. The molecule has 1 saturated heterocycles. The van der Waals surface area contributed by atoms with Crippen molar-refractivity contribution in [2.75, 3.05) is 13.7 Å². The molecule has 130 valence electrons. The average molecular weight is 336 g/mol. The fourth-order valence-corrected chi connectivity index (χ4v) is 3.47. The number of likely N-dealkylation sites (tertiary alicyclic amines) is 1. The number of amides is 2. The Morgan fingerprint density at radius 1 is 1.38 bits per heavy atom. The minimum absolute atomic E-state index is 0.0635. The van der Waals surface area contributed by atoms with Gasteiger partial charge in [-0.25, -0.2) is 9.18 Å². The van der Waals surface area contributed by atoms with Crippen LogP contribution in [0.25, 0.3) is 0 Å². The van der Waals surface area contributed by atoms with E-state index in [4.69, 9.17) is 4.74 Å². The van der Waals surface area contributed by atoms with E-state index in [2.05, 4.69) is 0 Å². The summed E-state index contributed by atoms with van der Waals surface area (Å²) in [6, 6.07) is 5.22. The van der Waals surface area contributed by atoms with Crippen molar-refractivity contribution in [2.45, 2.75) is 39.2 Å². The van der Waals surface area contributed by atoms with E-state index in [9.17, 15) is 18.8 Å². The lowest BCUT2D eigenvalue weighted by molar-refractivity contribution is -0.794. The molecule has 1 heterocycles. The molecule has 2 rings (SSSR count). The third-order valence-corrected chi connectivity index (χ3v) is 4.84. The summed E-state index contributed by atoms with van der Waals surface area (Å²) in [5.41, 5.74) is 0.230. The van der Waals surface area contributed by atoms with Crippen LogP contribution in [-0.4, -0.2) is 42.0 Å².